The van der Waals surface area contributed by atoms with Gasteiger partial charge in [-0.05, 0) is 49.8 Å². The van der Waals surface area contributed by atoms with Gasteiger partial charge in [-0.1, -0.05) is 5.16 Å². The van der Waals surface area contributed by atoms with Crippen LogP contribution in [0.2, 0.25) is 0 Å². The smallest absolute Gasteiger partial charge is 0.230 e. The molecule has 0 bridgehead atoms. The second-order valence-electron chi connectivity index (χ2n) is 8.41. The summed E-state index contributed by atoms with van der Waals surface area (Å²) in [7, 11) is 0. The van der Waals surface area contributed by atoms with E-state index in [1.54, 1.807) is 0 Å². The monoisotopic (exact) mass is 430 g/mol. The lowest BCUT2D eigenvalue weighted by atomic mass is 9.56. The number of rotatable bonds is 2. The van der Waals surface area contributed by atoms with Crippen molar-refractivity contribution in [2.75, 3.05) is 0 Å². The molecule has 10 nitrogen and oxygen atoms in total. The van der Waals surface area contributed by atoms with Crippen molar-refractivity contribution in [3.05, 3.63) is 34.4 Å². The van der Waals surface area contributed by atoms with E-state index in [4.69, 9.17) is 5.73 Å². The van der Waals surface area contributed by atoms with Crippen LogP contribution in [0.1, 0.15) is 36.5 Å². The lowest BCUT2D eigenvalue weighted by molar-refractivity contribution is -0.174. The highest BCUT2D eigenvalue weighted by Crippen LogP contribution is 2.51. The fourth-order valence-corrected chi connectivity index (χ4v) is 5.32. The van der Waals surface area contributed by atoms with Crippen molar-refractivity contribution in [1.29, 1.82) is 0 Å². The van der Waals surface area contributed by atoms with Gasteiger partial charge in [0.15, 0.2) is 11.4 Å². The minimum absolute atomic E-state index is 0.0445. The summed E-state index contributed by atoms with van der Waals surface area (Å²) in [6.07, 6.45) is -1.39. The van der Waals surface area contributed by atoms with Gasteiger partial charge in [-0.3, -0.25) is 14.4 Å². The number of hydrogen-bond donors (Lipinski definition) is 6. The Kier molecular flexibility index (Phi) is 4.67. The van der Waals surface area contributed by atoms with Gasteiger partial charge in [-0.15, -0.1) is 0 Å². The highest BCUT2D eigenvalue weighted by molar-refractivity contribution is 6.24. The van der Waals surface area contributed by atoms with E-state index in [9.17, 15) is 40.0 Å². The Hall–Kier alpha value is -3.24. The average molecular weight is 430 g/mol. The summed E-state index contributed by atoms with van der Waals surface area (Å²) in [4.78, 5) is 37.9. The highest BCUT2D eigenvalue weighted by Gasteiger charge is 2.63. The number of primary amides is 1. The number of aliphatic hydroxyl groups is 3. The minimum Gasteiger partial charge on any atom is -0.507 e. The summed E-state index contributed by atoms with van der Waals surface area (Å²) in [5, 5.41) is 55.0. The number of carbonyl (C=O) groups is 3. The standard InChI is InChI=1S/C21H22N2O8/c1-7(23-31)10-2-3-12(24)15-11(10)5-8-4-9-6-13(25)16(20(22)29)19(28)21(9,30)18(27)14(8)17(15)26/h2-3,8-9,13,16,24-26,30-31H,4-6H2,1H3,(H2,22,29)/b23-7-/t8-,9+,13?,16?,21+/m1/s1. The van der Waals surface area contributed by atoms with Crippen LogP contribution in [-0.2, 0) is 20.8 Å². The molecule has 2 saturated carbocycles. The Balaban J connectivity index is 1.90. The van der Waals surface area contributed by atoms with Crippen LogP contribution >= 0.6 is 0 Å². The molecule has 164 valence electrons. The van der Waals surface area contributed by atoms with Crippen LogP contribution in [0.5, 0.6) is 5.75 Å². The maximum atomic E-state index is 13.3. The molecule has 0 aliphatic heterocycles. The van der Waals surface area contributed by atoms with Crippen LogP contribution in [0.4, 0.5) is 0 Å². The first-order valence-electron chi connectivity index (χ1n) is 9.80. The zero-order chi connectivity index (χ0) is 22.8. The Bertz CT molecular complexity index is 1090. The van der Waals surface area contributed by atoms with Crippen molar-refractivity contribution < 1.29 is 40.0 Å². The molecule has 4 rings (SSSR count). The van der Waals surface area contributed by atoms with E-state index in [0.29, 0.717) is 11.1 Å². The number of carbonyl (C=O) groups excluding carboxylic acids is 3. The van der Waals surface area contributed by atoms with Gasteiger partial charge < -0.3 is 31.4 Å². The number of hydrogen-bond acceptors (Lipinski definition) is 9. The quantitative estimate of drug-likeness (QED) is 0.161. The first-order chi connectivity index (χ1) is 14.5. The van der Waals surface area contributed by atoms with Gasteiger partial charge in [0.05, 0.1) is 17.4 Å². The molecule has 3 aliphatic carbocycles. The van der Waals surface area contributed by atoms with Crippen LogP contribution in [0.3, 0.4) is 0 Å². The normalized spacial score (nSPS) is 32.9. The van der Waals surface area contributed by atoms with E-state index >= 15 is 0 Å². The van der Waals surface area contributed by atoms with Gasteiger partial charge in [0.1, 0.15) is 17.4 Å². The second-order valence-corrected chi connectivity index (χ2v) is 8.41. The molecular formula is C21H22N2O8. The van der Waals surface area contributed by atoms with Gasteiger partial charge in [0, 0.05) is 17.1 Å². The van der Waals surface area contributed by atoms with Crippen molar-refractivity contribution in [1.82, 2.24) is 0 Å². The molecule has 31 heavy (non-hydrogen) atoms. The fourth-order valence-electron chi connectivity index (χ4n) is 5.32. The first kappa shape index (κ1) is 21.0. The molecule has 0 aromatic heterocycles. The lowest BCUT2D eigenvalue weighted by Gasteiger charge is -2.48. The number of aromatic hydroxyl groups is 1. The van der Waals surface area contributed by atoms with Crippen molar-refractivity contribution in [3.8, 4) is 5.75 Å². The molecule has 0 heterocycles. The molecule has 0 radical (unpaired) electrons. The molecule has 0 saturated heterocycles. The summed E-state index contributed by atoms with van der Waals surface area (Å²) >= 11 is 0. The zero-order valence-corrected chi connectivity index (χ0v) is 16.6. The molecule has 10 heteroatoms. The number of nitrogens with two attached hydrogens (primary N) is 1. The number of amides is 1. The maximum Gasteiger partial charge on any atom is 0.230 e. The molecule has 1 amide bonds. The molecule has 7 N–H and O–H groups in total. The molecule has 0 spiro atoms. The lowest BCUT2D eigenvalue weighted by Crippen LogP contribution is -2.66. The largest absolute Gasteiger partial charge is 0.507 e. The van der Waals surface area contributed by atoms with Crippen molar-refractivity contribution >= 4 is 28.9 Å². The zero-order valence-electron chi connectivity index (χ0n) is 16.6. The van der Waals surface area contributed by atoms with E-state index < -0.39 is 52.7 Å². The van der Waals surface area contributed by atoms with Crippen molar-refractivity contribution in [2.24, 2.45) is 28.6 Å². The predicted octanol–water partition coefficient (Wildman–Crippen LogP) is -0.213. The van der Waals surface area contributed by atoms with E-state index in [1.165, 1.54) is 19.1 Å². The Morgan fingerprint density at radius 3 is 2.52 bits per heavy atom. The summed E-state index contributed by atoms with van der Waals surface area (Å²) in [5.41, 5.74) is 3.49. The predicted molar refractivity (Wildman–Crippen MR) is 105 cm³/mol. The van der Waals surface area contributed by atoms with Crippen LogP contribution in [0, 0.1) is 17.8 Å². The summed E-state index contributed by atoms with van der Waals surface area (Å²) in [6.45, 7) is 1.54. The second kappa shape index (κ2) is 6.89. The van der Waals surface area contributed by atoms with Crippen LogP contribution in [0.25, 0.3) is 5.76 Å². The van der Waals surface area contributed by atoms with E-state index in [1.807, 2.05) is 0 Å². The van der Waals surface area contributed by atoms with Gasteiger partial charge in [-0.25, -0.2) is 0 Å². The van der Waals surface area contributed by atoms with Gasteiger partial charge in [0.2, 0.25) is 11.7 Å². The molecule has 3 aliphatic rings. The topological polar surface area (TPSA) is 191 Å². The number of oxime groups is 1. The van der Waals surface area contributed by atoms with Crippen LogP contribution < -0.4 is 5.73 Å². The number of nitrogens with zero attached hydrogens (tertiary/aromatic N) is 1. The number of ketones is 2. The number of aliphatic hydroxyl groups excluding tert-OH is 2. The first-order valence-corrected chi connectivity index (χ1v) is 9.80. The van der Waals surface area contributed by atoms with Crippen molar-refractivity contribution in [2.45, 2.75) is 37.9 Å². The Labute approximate surface area is 176 Å². The van der Waals surface area contributed by atoms with Gasteiger partial charge in [0.25, 0.3) is 0 Å². The Morgan fingerprint density at radius 2 is 1.90 bits per heavy atom. The fraction of sp³-hybridized carbons (Fsp3) is 0.429. The Morgan fingerprint density at radius 1 is 1.23 bits per heavy atom. The van der Waals surface area contributed by atoms with E-state index in [2.05, 4.69) is 5.16 Å². The number of phenolic OH excluding ortho intramolecular Hbond substituents is 1. The molecule has 2 unspecified atom stereocenters. The van der Waals surface area contributed by atoms with Crippen LogP contribution in [-0.4, -0.2) is 60.5 Å². The number of phenols is 1. The maximum absolute atomic E-state index is 13.3. The van der Waals surface area contributed by atoms with Gasteiger partial charge >= 0.3 is 0 Å². The highest BCUT2D eigenvalue weighted by atomic mass is 16.4. The molecule has 5 atom stereocenters. The third-order valence-electron chi connectivity index (χ3n) is 6.81. The van der Waals surface area contributed by atoms with E-state index in [0.717, 1.165) is 0 Å². The average Bonchev–Trinajstić information content (AvgIpc) is 2.70. The molecular weight excluding hydrogens is 408 g/mol. The number of fused-ring (bicyclic) bond motifs is 3. The third-order valence-corrected chi connectivity index (χ3v) is 6.81. The number of Topliss-reactive ketones (excluding diaryl/α,β-unsaturated/α-hetero) is 2. The number of benzene rings is 1. The van der Waals surface area contributed by atoms with Crippen molar-refractivity contribution in [3.63, 3.8) is 0 Å². The molecule has 2 fully saturated rings. The molecule has 1 aromatic rings. The SMILES string of the molecule is C/C(=N/O)c1ccc(O)c2c1C[C@H]1C[C@H]3CC(O)C(C(N)=O)C(=O)[C@@]3(O)C(=O)C1=C2O. The van der Waals surface area contributed by atoms with Gasteiger partial charge in [-0.2, -0.15) is 0 Å². The summed E-state index contributed by atoms with van der Waals surface area (Å²) in [5.74, 6) is -7.62. The summed E-state index contributed by atoms with van der Waals surface area (Å²) < 4.78 is 0. The minimum atomic E-state index is -2.61. The summed E-state index contributed by atoms with van der Waals surface area (Å²) in [6, 6.07) is 2.80. The van der Waals surface area contributed by atoms with E-state index in [-0.39, 0.29) is 41.9 Å². The molecule has 1 aromatic carbocycles. The van der Waals surface area contributed by atoms with Crippen LogP contribution in [0.15, 0.2) is 22.9 Å². The third kappa shape index (κ3) is 2.71.